The van der Waals surface area contributed by atoms with Gasteiger partial charge in [-0.2, -0.15) is 0 Å². The maximum Gasteiger partial charge on any atom is 0.224 e. The number of carbonyl (C=O) groups is 1. The molecule has 1 aromatic heterocycles. The van der Waals surface area contributed by atoms with Crippen LogP contribution in [0.3, 0.4) is 0 Å². The Bertz CT molecular complexity index is 869. The fourth-order valence-electron chi connectivity index (χ4n) is 4.55. The van der Waals surface area contributed by atoms with Crippen LogP contribution in [0.2, 0.25) is 5.15 Å². The lowest BCUT2D eigenvalue weighted by Crippen LogP contribution is -2.49. The number of methoxy groups -OCH3 is 1. The highest BCUT2D eigenvalue weighted by Gasteiger charge is 2.36. The first-order valence-corrected chi connectivity index (χ1v) is 11.2. The molecule has 0 spiro atoms. The van der Waals surface area contributed by atoms with Gasteiger partial charge in [0.2, 0.25) is 5.91 Å². The number of piperidine rings is 1. The van der Waals surface area contributed by atoms with E-state index in [0.29, 0.717) is 31.5 Å². The molecular weight excluding hydrogens is 416 g/mol. The van der Waals surface area contributed by atoms with E-state index in [4.69, 9.17) is 21.1 Å². The van der Waals surface area contributed by atoms with Crippen LogP contribution >= 0.6 is 11.6 Å². The highest BCUT2D eigenvalue weighted by molar-refractivity contribution is 6.29. The normalized spacial score (nSPS) is 20.8. The summed E-state index contributed by atoms with van der Waals surface area (Å²) in [5, 5.41) is 11.7. The van der Waals surface area contributed by atoms with Crippen molar-refractivity contribution in [3.05, 3.63) is 47.1 Å². The van der Waals surface area contributed by atoms with Crippen molar-refractivity contribution in [3.8, 4) is 5.75 Å². The predicted molar refractivity (Wildman–Crippen MR) is 120 cm³/mol. The lowest BCUT2D eigenvalue weighted by Gasteiger charge is -2.39. The van der Waals surface area contributed by atoms with Crippen molar-refractivity contribution >= 4 is 23.3 Å². The van der Waals surface area contributed by atoms with E-state index in [2.05, 4.69) is 32.5 Å². The molecule has 8 heteroatoms. The van der Waals surface area contributed by atoms with Gasteiger partial charge in [0.1, 0.15) is 5.75 Å². The van der Waals surface area contributed by atoms with E-state index in [1.807, 2.05) is 18.2 Å². The van der Waals surface area contributed by atoms with Gasteiger partial charge in [-0.25, -0.2) is 0 Å². The first kappa shape index (κ1) is 21.8. The number of amides is 1. The van der Waals surface area contributed by atoms with Gasteiger partial charge in [0.25, 0.3) is 0 Å². The molecular formula is C23H29ClN4O3. The monoisotopic (exact) mass is 444 g/mol. The molecule has 31 heavy (non-hydrogen) atoms. The highest BCUT2D eigenvalue weighted by Crippen LogP contribution is 2.35. The minimum absolute atomic E-state index is 0.0704. The van der Waals surface area contributed by atoms with Crippen LogP contribution in [0.4, 0.5) is 5.82 Å². The Balaban J connectivity index is 1.42. The zero-order valence-corrected chi connectivity index (χ0v) is 18.6. The SMILES string of the molecule is COc1ccc(C2(CNC(=O)[C@@H]3CCCN(c4ccc(Cl)nn4)C3)CCOCC2)cc1. The van der Waals surface area contributed by atoms with Crippen LogP contribution in [-0.2, 0) is 14.9 Å². The number of rotatable bonds is 6. The number of aromatic nitrogens is 2. The number of halogens is 1. The standard InChI is InChI=1S/C23H29ClN4O3/c1-30-19-6-4-18(5-7-19)23(10-13-31-14-11-23)16-25-22(29)17-3-2-12-28(15-17)21-9-8-20(24)26-27-21/h4-9,17H,2-3,10-16H2,1H3,(H,25,29)/t17-/m1/s1. The molecule has 2 aromatic rings. The molecule has 4 rings (SSSR count). The Kier molecular flexibility index (Phi) is 6.92. The lowest BCUT2D eigenvalue weighted by molar-refractivity contribution is -0.125. The van der Waals surface area contributed by atoms with E-state index in [0.717, 1.165) is 43.8 Å². The van der Waals surface area contributed by atoms with Crippen molar-refractivity contribution in [1.29, 1.82) is 0 Å². The van der Waals surface area contributed by atoms with E-state index >= 15 is 0 Å². The molecule has 7 nitrogen and oxygen atoms in total. The highest BCUT2D eigenvalue weighted by atomic mass is 35.5. The molecule has 0 unspecified atom stereocenters. The lowest BCUT2D eigenvalue weighted by atomic mass is 9.74. The van der Waals surface area contributed by atoms with Crippen molar-refractivity contribution in [1.82, 2.24) is 15.5 Å². The molecule has 0 aliphatic carbocycles. The molecule has 0 saturated carbocycles. The molecule has 1 amide bonds. The average Bonchev–Trinajstić information content (AvgIpc) is 2.84. The van der Waals surface area contributed by atoms with E-state index in [9.17, 15) is 4.79 Å². The summed E-state index contributed by atoms with van der Waals surface area (Å²) in [7, 11) is 1.67. The predicted octanol–water partition coefficient (Wildman–Crippen LogP) is 3.22. The van der Waals surface area contributed by atoms with Gasteiger partial charge in [-0.1, -0.05) is 23.7 Å². The fourth-order valence-corrected chi connectivity index (χ4v) is 4.65. The van der Waals surface area contributed by atoms with Crippen LogP contribution in [0.15, 0.2) is 36.4 Å². The van der Waals surface area contributed by atoms with Gasteiger partial charge in [0.05, 0.1) is 13.0 Å². The molecule has 1 atom stereocenters. The summed E-state index contributed by atoms with van der Waals surface area (Å²) in [6.45, 7) is 3.52. The molecule has 2 fully saturated rings. The summed E-state index contributed by atoms with van der Waals surface area (Å²) in [4.78, 5) is 15.2. The summed E-state index contributed by atoms with van der Waals surface area (Å²) >= 11 is 5.85. The van der Waals surface area contributed by atoms with Crippen molar-refractivity contribution in [2.75, 3.05) is 44.9 Å². The van der Waals surface area contributed by atoms with Crippen molar-refractivity contribution < 1.29 is 14.3 Å². The number of benzene rings is 1. The van der Waals surface area contributed by atoms with Crippen LogP contribution in [0.1, 0.15) is 31.2 Å². The topological polar surface area (TPSA) is 76.6 Å². The van der Waals surface area contributed by atoms with Crippen LogP contribution in [0, 0.1) is 5.92 Å². The Labute approximate surface area is 188 Å². The Morgan fingerprint density at radius 2 is 2.00 bits per heavy atom. The number of nitrogens with one attached hydrogen (secondary N) is 1. The number of carbonyl (C=O) groups excluding carboxylic acids is 1. The molecule has 1 aromatic carbocycles. The molecule has 2 aliphatic heterocycles. The number of ether oxygens (including phenoxy) is 2. The number of nitrogens with zero attached hydrogens (tertiary/aromatic N) is 3. The van der Waals surface area contributed by atoms with E-state index < -0.39 is 0 Å². The average molecular weight is 445 g/mol. The van der Waals surface area contributed by atoms with Gasteiger partial charge in [-0.05, 0) is 55.5 Å². The van der Waals surface area contributed by atoms with Gasteiger partial charge < -0.3 is 19.7 Å². The molecule has 0 radical (unpaired) electrons. The molecule has 3 heterocycles. The van der Waals surface area contributed by atoms with E-state index in [1.54, 1.807) is 13.2 Å². The number of hydrogen-bond donors (Lipinski definition) is 1. The number of anilines is 1. The second-order valence-corrected chi connectivity index (χ2v) is 8.73. The molecule has 2 saturated heterocycles. The third kappa shape index (κ3) is 5.10. The zero-order valence-electron chi connectivity index (χ0n) is 17.8. The summed E-state index contributed by atoms with van der Waals surface area (Å²) in [5.41, 5.74) is 1.11. The first-order chi connectivity index (χ1) is 15.1. The maximum absolute atomic E-state index is 13.1. The maximum atomic E-state index is 13.1. The summed E-state index contributed by atoms with van der Waals surface area (Å²) < 4.78 is 10.9. The second-order valence-electron chi connectivity index (χ2n) is 8.34. The quantitative estimate of drug-likeness (QED) is 0.737. The third-order valence-corrected chi connectivity index (χ3v) is 6.69. The van der Waals surface area contributed by atoms with Gasteiger partial charge in [-0.3, -0.25) is 4.79 Å². The van der Waals surface area contributed by atoms with Crippen LogP contribution in [0.5, 0.6) is 5.75 Å². The third-order valence-electron chi connectivity index (χ3n) is 6.49. The summed E-state index contributed by atoms with van der Waals surface area (Å²) in [6, 6.07) is 11.8. The van der Waals surface area contributed by atoms with Crippen LogP contribution < -0.4 is 15.0 Å². The largest absolute Gasteiger partial charge is 0.497 e. The van der Waals surface area contributed by atoms with Crippen molar-refractivity contribution in [3.63, 3.8) is 0 Å². The van der Waals surface area contributed by atoms with E-state index in [-0.39, 0.29) is 17.2 Å². The summed E-state index contributed by atoms with van der Waals surface area (Å²) in [5.74, 6) is 1.63. The fraction of sp³-hybridized carbons (Fsp3) is 0.522. The molecule has 166 valence electrons. The van der Waals surface area contributed by atoms with Gasteiger partial charge in [0.15, 0.2) is 11.0 Å². The first-order valence-electron chi connectivity index (χ1n) is 10.8. The van der Waals surface area contributed by atoms with Crippen LogP contribution in [-0.4, -0.2) is 56.1 Å². The summed E-state index contributed by atoms with van der Waals surface area (Å²) in [6.07, 6.45) is 3.59. The number of hydrogen-bond acceptors (Lipinski definition) is 6. The molecule has 0 bridgehead atoms. The Hall–Kier alpha value is -2.38. The minimum Gasteiger partial charge on any atom is -0.497 e. The smallest absolute Gasteiger partial charge is 0.224 e. The van der Waals surface area contributed by atoms with Gasteiger partial charge in [-0.15, -0.1) is 10.2 Å². The Morgan fingerprint density at radius 3 is 2.68 bits per heavy atom. The van der Waals surface area contributed by atoms with E-state index in [1.165, 1.54) is 5.56 Å². The second kappa shape index (κ2) is 9.83. The van der Waals surface area contributed by atoms with Gasteiger partial charge in [0, 0.05) is 38.3 Å². The van der Waals surface area contributed by atoms with Crippen molar-refractivity contribution in [2.24, 2.45) is 5.92 Å². The zero-order chi connectivity index (χ0) is 21.7. The molecule has 1 N–H and O–H groups in total. The van der Waals surface area contributed by atoms with Gasteiger partial charge >= 0.3 is 0 Å². The Morgan fingerprint density at radius 1 is 1.23 bits per heavy atom. The minimum atomic E-state index is -0.115. The molecule has 2 aliphatic rings. The van der Waals surface area contributed by atoms with Crippen LogP contribution in [0.25, 0.3) is 0 Å². The van der Waals surface area contributed by atoms with Crippen molar-refractivity contribution in [2.45, 2.75) is 31.1 Å².